The first-order valence-corrected chi connectivity index (χ1v) is 8.86. The number of esters is 1. The molecule has 2 atom stereocenters. The van der Waals surface area contributed by atoms with Crippen LogP contribution in [0.4, 0.5) is 10.5 Å². The number of aliphatic hydroxyl groups is 1. The van der Waals surface area contributed by atoms with E-state index in [0.717, 1.165) is 0 Å². The first-order chi connectivity index (χ1) is 12.6. The van der Waals surface area contributed by atoms with Crippen LogP contribution in [0.5, 0.6) is 0 Å². The summed E-state index contributed by atoms with van der Waals surface area (Å²) in [7, 11) is 0. The number of rotatable bonds is 4. The van der Waals surface area contributed by atoms with E-state index < -0.39 is 35.7 Å². The van der Waals surface area contributed by atoms with Gasteiger partial charge in [-0.15, -0.1) is 0 Å². The number of fused-ring (bicyclic) bond motifs is 1. The number of nitrogens with one attached hydrogen (secondary N) is 1. The maximum absolute atomic E-state index is 13.0. The highest BCUT2D eigenvalue weighted by molar-refractivity contribution is 6.03. The van der Waals surface area contributed by atoms with Gasteiger partial charge in [0.1, 0.15) is 18.2 Å². The summed E-state index contributed by atoms with van der Waals surface area (Å²) in [6.07, 6.45) is -1.79. The van der Waals surface area contributed by atoms with Crippen LogP contribution < -0.4 is 10.2 Å². The zero-order chi connectivity index (χ0) is 20.2. The first-order valence-electron chi connectivity index (χ1n) is 8.86. The molecule has 2 unspecified atom stereocenters. The highest BCUT2D eigenvalue weighted by atomic mass is 16.6. The SMILES string of the molecule is CCOC(=O)CN1C(=O)C(NC(=O)OC(C)(C)C)CC(O)c2ccccc21. The van der Waals surface area contributed by atoms with Crippen molar-refractivity contribution < 1.29 is 29.0 Å². The van der Waals surface area contributed by atoms with Crippen molar-refractivity contribution in [2.24, 2.45) is 0 Å². The van der Waals surface area contributed by atoms with Crippen LogP contribution in [0, 0.1) is 0 Å². The molecule has 0 saturated heterocycles. The van der Waals surface area contributed by atoms with Gasteiger partial charge in [-0.3, -0.25) is 14.5 Å². The van der Waals surface area contributed by atoms with Crippen LogP contribution in [0.2, 0.25) is 0 Å². The van der Waals surface area contributed by atoms with Crippen LogP contribution in [0.25, 0.3) is 0 Å². The number of hydrogen-bond donors (Lipinski definition) is 2. The predicted molar refractivity (Wildman–Crippen MR) is 98.2 cm³/mol. The fourth-order valence-corrected chi connectivity index (χ4v) is 2.84. The van der Waals surface area contributed by atoms with Gasteiger partial charge < -0.3 is 19.9 Å². The molecule has 1 aliphatic rings. The molecule has 0 aromatic heterocycles. The van der Waals surface area contributed by atoms with Crippen molar-refractivity contribution >= 4 is 23.7 Å². The highest BCUT2D eigenvalue weighted by Crippen LogP contribution is 2.33. The minimum atomic E-state index is -1.04. The third-order valence-corrected chi connectivity index (χ3v) is 3.89. The van der Waals surface area contributed by atoms with Gasteiger partial charge in [0.15, 0.2) is 0 Å². The molecule has 0 spiro atoms. The van der Waals surface area contributed by atoms with Crippen LogP contribution in [0.3, 0.4) is 0 Å². The number of benzene rings is 1. The maximum Gasteiger partial charge on any atom is 0.408 e. The van der Waals surface area contributed by atoms with E-state index >= 15 is 0 Å². The summed E-state index contributed by atoms with van der Waals surface area (Å²) < 4.78 is 10.2. The number of carbonyl (C=O) groups is 3. The smallest absolute Gasteiger partial charge is 0.408 e. The zero-order valence-electron chi connectivity index (χ0n) is 16.0. The lowest BCUT2D eigenvalue weighted by molar-refractivity contribution is -0.142. The van der Waals surface area contributed by atoms with Gasteiger partial charge in [-0.25, -0.2) is 4.79 Å². The largest absolute Gasteiger partial charge is 0.465 e. The molecule has 0 radical (unpaired) electrons. The van der Waals surface area contributed by atoms with E-state index in [-0.39, 0.29) is 19.6 Å². The number of aliphatic hydroxyl groups excluding tert-OH is 1. The molecule has 1 aromatic rings. The molecule has 2 rings (SSSR count). The Kier molecular flexibility index (Phi) is 6.43. The van der Waals surface area contributed by atoms with Gasteiger partial charge in [-0.05, 0) is 33.8 Å². The van der Waals surface area contributed by atoms with Gasteiger partial charge in [0, 0.05) is 12.0 Å². The van der Waals surface area contributed by atoms with E-state index in [4.69, 9.17) is 9.47 Å². The second-order valence-electron chi connectivity index (χ2n) is 7.24. The van der Waals surface area contributed by atoms with E-state index in [1.54, 1.807) is 52.0 Å². The number of ether oxygens (including phenoxy) is 2. The van der Waals surface area contributed by atoms with Crippen molar-refractivity contribution in [2.75, 3.05) is 18.1 Å². The highest BCUT2D eigenvalue weighted by Gasteiger charge is 2.37. The average Bonchev–Trinajstić information content (AvgIpc) is 2.65. The first kappa shape index (κ1) is 20.7. The van der Waals surface area contributed by atoms with E-state index in [1.807, 2.05) is 0 Å². The quantitative estimate of drug-likeness (QED) is 0.776. The van der Waals surface area contributed by atoms with Gasteiger partial charge >= 0.3 is 12.1 Å². The zero-order valence-corrected chi connectivity index (χ0v) is 16.0. The Morgan fingerprint density at radius 1 is 1.30 bits per heavy atom. The molecule has 0 bridgehead atoms. The maximum atomic E-state index is 13.0. The Morgan fingerprint density at radius 3 is 2.59 bits per heavy atom. The Labute approximate surface area is 158 Å². The summed E-state index contributed by atoms with van der Waals surface area (Å²) >= 11 is 0. The molecular weight excluding hydrogens is 352 g/mol. The van der Waals surface area contributed by atoms with Crippen molar-refractivity contribution in [1.29, 1.82) is 0 Å². The molecule has 2 amide bonds. The average molecular weight is 378 g/mol. The number of para-hydroxylation sites is 1. The predicted octanol–water partition coefficient (Wildman–Crippen LogP) is 1.91. The summed E-state index contributed by atoms with van der Waals surface area (Å²) in [6.45, 7) is 6.66. The van der Waals surface area contributed by atoms with Crippen LogP contribution in [-0.4, -0.2) is 47.9 Å². The number of alkyl carbamates (subject to hydrolysis) is 1. The van der Waals surface area contributed by atoms with E-state index in [2.05, 4.69) is 5.32 Å². The molecular formula is C19H26N2O6. The third kappa shape index (κ3) is 5.43. The summed E-state index contributed by atoms with van der Waals surface area (Å²) in [5.74, 6) is -1.09. The molecule has 1 aliphatic heterocycles. The Hall–Kier alpha value is -2.61. The Bertz CT molecular complexity index is 712. The van der Waals surface area contributed by atoms with Crippen LogP contribution in [0.15, 0.2) is 24.3 Å². The number of anilines is 1. The number of hydrogen-bond acceptors (Lipinski definition) is 6. The van der Waals surface area contributed by atoms with Gasteiger partial charge in [0.2, 0.25) is 5.91 Å². The molecule has 8 heteroatoms. The second-order valence-corrected chi connectivity index (χ2v) is 7.24. The molecule has 148 valence electrons. The van der Waals surface area contributed by atoms with E-state index in [1.165, 1.54) is 4.90 Å². The van der Waals surface area contributed by atoms with Gasteiger partial charge in [0.25, 0.3) is 0 Å². The summed E-state index contributed by atoms with van der Waals surface area (Å²) in [5.41, 5.74) is 0.185. The molecule has 0 saturated carbocycles. The van der Waals surface area contributed by atoms with Crippen molar-refractivity contribution in [3.05, 3.63) is 29.8 Å². The summed E-state index contributed by atoms with van der Waals surface area (Å²) in [4.78, 5) is 38.4. The fraction of sp³-hybridized carbons (Fsp3) is 0.526. The normalized spacial score (nSPS) is 19.7. The van der Waals surface area contributed by atoms with Crippen LogP contribution in [0.1, 0.15) is 45.8 Å². The third-order valence-electron chi connectivity index (χ3n) is 3.89. The molecule has 1 aromatic carbocycles. The molecule has 2 N–H and O–H groups in total. The van der Waals surface area contributed by atoms with Crippen LogP contribution >= 0.6 is 0 Å². The summed E-state index contributed by atoms with van der Waals surface area (Å²) in [6, 6.07) is 5.72. The van der Waals surface area contributed by atoms with Crippen molar-refractivity contribution in [2.45, 2.75) is 51.9 Å². The standard InChI is InChI=1S/C19H26N2O6/c1-5-26-16(23)11-21-14-9-7-6-8-12(14)15(22)10-13(17(21)24)20-18(25)27-19(2,3)4/h6-9,13,15,22H,5,10-11H2,1-4H3,(H,20,25). The van der Waals surface area contributed by atoms with Crippen molar-refractivity contribution in [3.8, 4) is 0 Å². The molecule has 8 nitrogen and oxygen atoms in total. The van der Waals surface area contributed by atoms with Crippen molar-refractivity contribution in [1.82, 2.24) is 5.32 Å². The fourth-order valence-electron chi connectivity index (χ4n) is 2.84. The Balaban J connectivity index is 2.31. The van der Waals surface area contributed by atoms with Crippen LogP contribution in [-0.2, 0) is 19.1 Å². The number of nitrogens with zero attached hydrogens (tertiary/aromatic N) is 1. The second kappa shape index (κ2) is 8.39. The Morgan fingerprint density at radius 2 is 1.96 bits per heavy atom. The van der Waals surface area contributed by atoms with E-state index in [0.29, 0.717) is 11.3 Å². The minimum Gasteiger partial charge on any atom is -0.465 e. The minimum absolute atomic E-state index is 0.0333. The lowest BCUT2D eigenvalue weighted by Crippen LogP contribution is -2.50. The molecule has 0 aliphatic carbocycles. The van der Waals surface area contributed by atoms with Gasteiger partial charge in [-0.1, -0.05) is 18.2 Å². The monoisotopic (exact) mass is 378 g/mol. The topological polar surface area (TPSA) is 105 Å². The lowest BCUT2D eigenvalue weighted by Gasteiger charge is -2.26. The van der Waals surface area contributed by atoms with Crippen molar-refractivity contribution in [3.63, 3.8) is 0 Å². The van der Waals surface area contributed by atoms with E-state index in [9.17, 15) is 19.5 Å². The lowest BCUT2D eigenvalue weighted by atomic mass is 10.0. The summed E-state index contributed by atoms with van der Waals surface area (Å²) in [5, 5.41) is 13.0. The molecule has 0 fully saturated rings. The molecule has 27 heavy (non-hydrogen) atoms. The van der Waals surface area contributed by atoms with Gasteiger partial charge in [-0.2, -0.15) is 0 Å². The molecule has 1 heterocycles. The number of amides is 2. The van der Waals surface area contributed by atoms with Gasteiger partial charge in [0.05, 0.1) is 18.4 Å². The number of carbonyl (C=O) groups excluding carboxylic acids is 3.